The Kier molecular flexibility index (Phi) is 2.58. The molecule has 0 unspecified atom stereocenters. The van der Waals surface area contributed by atoms with Gasteiger partial charge in [-0.1, -0.05) is 19.8 Å². The Morgan fingerprint density at radius 3 is 1.91 bits per heavy atom. The second-order valence-corrected chi connectivity index (χ2v) is 4.78. The van der Waals surface area contributed by atoms with Crippen molar-refractivity contribution >= 4 is 0 Å². The topological polar surface area (TPSA) is 26.0 Å². The van der Waals surface area contributed by atoms with Crippen molar-refractivity contribution in [1.29, 1.82) is 0 Å². The van der Waals surface area contributed by atoms with Crippen LogP contribution in [0.3, 0.4) is 0 Å². The van der Waals surface area contributed by atoms with Crippen molar-refractivity contribution in [2.24, 2.45) is 17.6 Å². The third kappa shape index (κ3) is 2.48. The Bertz CT molecular complexity index is 115. The average Bonchev–Trinajstić information content (AvgIpc) is 1.86. The highest BCUT2D eigenvalue weighted by Crippen LogP contribution is 2.33. The van der Waals surface area contributed by atoms with E-state index in [4.69, 9.17) is 5.73 Å². The van der Waals surface area contributed by atoms with E-state index < -0.39 is 0 Å². The Balaban J connectivity index is 2.39. The van der Waals surface area contributed by atoms with Gasteiger partial charge in [-0.15, -0.1) is 0 Å². The molecule has 0 amide bonds. The van der Waals surface area contributed by atoms with Crippen LogP contribution in [0.4, 0.5) is 0 Å². The maximum atomic E-state index is 6.06. The monoisotopic (exact) mass is 155 g/mol. The van der Waals surface area contributed by atoms with Gasteiger partial charge in [0.25, 0.3) is 0 Å². The molecular formula is C10H21N. The molecule has 0 aromatic heterocycles. The fourth-order valence-electron chi connectivity index (χ4n) is 2.00. The van der Waals surface area contributed by atoms with Crippen LogP contribution in [0.5, 0.6) is 0 Å². The van der Waals surface area contributed by atoms with Gasteiger partial charge in [0.2, 0.25) is 0 Å². The zero-order valence-electron chi connectivity index (χ0n) is 8.06. The quantitative estimate of drug-likeness (QED) is 0.618. The minimum Gasteiger partial charge on any atom is -0.325 e. The SMILES string of the molecule is CC1CCC(C(C)(C)N)CC1. The molecule has 1 fully saturated rings. The first-order valence-corrected chi connectivity index (χ1v) is 4.79. The average molecular weight is 155 g/mol. The van der Waals surface area contributed by atoms with E-state index >= 15 is 0 Å². The van der Waals surface area contributed by atoms with Crippen LogP contribution >= 0.6 is 0 Å². The van der Waals surface area contributed by atoms with Crippen molar-refractivity contribution in [2.75, 3.05) is 0 Å². The molecule has 0 aliphatic heterocycles. The number of nitrogens with two attached hydrogens (primary N) is 1. The predicted octanol–water partition coefficient (Wildman–Crippen LogP) is 2.55. The lowest BCUT2D eigenvalue weighted by molar-refractivity contribution is 0.205. The van der Waals surface area contributed by atoms with Gasteiger partial charge in [0, 0.05) is 5.54 Å². The number of hydrogen-bond acceptors (Lipinski definition) is 1. The lowest BCUT2D eigenvalue weighted by Crippen LogP contribution is -2.42. The van der Waals surface area contributed by atoms with E-state index in [0.717, 1.165) is 11.8 Å². The van der Waals surface area contributed by atoms with Gasteiger partial charge >= 0.3 is 0 Å². The van der Waals surface area contributed by atoms with Crippen LogP contribution in [0.1, 0.15) is 46.5 Å². The molecule has 0 bridgehead atoms. The molecule has 1 saturated carbocycles. The largest absolute Gasteiger partial charge is 0.325 e. The smallest absolute Gasteiger partial charge is 0.0125 e. The Morgan fingerprint density at radius 1 is 1.09 bits per heavy atom. The zero-order valence-corrected chi connectivity index (χ0v) is 8.06. The first-order chi connectivity index (χ1) is 5.00. The van der Waals surface area contributed by atoms with E-state index in [0.29, 0.717) is 0 Å². The number of hydrogen-bond donors (Lipinski definition) is 1. The molecule has 1 nitrogen and oxygen atoms in total. The lowest BCUT2D eigenvalue weighted by atomic mass is 9.74. The van der Waals surface area contributed by atoms with Crippen LogP contribution < -0.4 is 5.73 Å². The van der Waals surface area contributed by atoms with Gasteiger partial charge in [0.05, 0.1) is 0 Å². The lowest BCUT2D eigenvalue weighted by Gasteiger charge is -2.35. The zero-order chi connectivity index (χ0) is 8.48. The normalized spacial score (nSPS) is 33.8. The molecule has 0 radical (unpaired) electrons. The molecule has 0 atom stereocenters. The van der Waals surface area contributed by atoms with E-state index in [1.54, 1.807) is 0 Å². The Hall–Kier alpha value is -0.0400. The number of rotatable bonds is 1. The summed E-state index contributed by atoms with van der Waals surface area (Å²) in [6, 6.07) is 0. The van der Waals surface area contributed by atoms with Crippen LogP contribution in [0.15, 0.2) is 0 Å². The van der Waals surface area contributed by atoms with Crippen molar-refractivity contribution in [3.63, 3.8) is 0 Å². The van der Waals surface area contributed by atoms with E-state index in [9.17, 15) is 0 Å². The summed E-state index contributed by atoms with van der Waals surface area (Å²) in [5.41, 5.74) is 6.11. The molecule has 1 aliphatic rings. The van der Waals surface area contributed by atoms with Gasteiger partial charge in [-0.05, 0) is 38.5 Å². The third-order valence-electron chi connectivity index (χ3n) is 3.07. The summed E-state index contributed by atoms with van der Waals surface area (Å²) in [5, 5.41) is 0. The van der Waals surface area contributed by atoms with Crippen LogP contribution in [-0.2, 0) is 0 Å². The van der Waals surface area contributed by atoms with E-state index in [1.807, 2.05) is 0 Å². The van der Waals surface area contributed by atoms with E-state index in [-0.39, 0.29) is 5.54 Å². The first kappa shape index (κ1) is 9.05. The summed E-state index contributed by atoms with van der Waals surface area (Å²) >= 11 is 0. The van der Waals surface area contributed by atoms with Gasteiger partial charge in [0.15, 0.2) is 0 Å². The molecule has 0 heterocycles. The molecule has 1 rings (SSSR count). The van der Waals surface area contributed by atoms with Crippen molar-refractivity contribution in [3.8, 4) is 0 Å². The first-order valence-electron chi connectivity index (χ1n) is 4.79. The molecule has 11 heavy (non-hydrogen) atoms. The van der Waals surface area contributed by atoms with E-state index in [1.165, 1.54) is 25.7 Å². The fourth-order valence-corrected chi connectivity index (χ4v) is 2.00. The Labute approximate surface area is 70.4 Å². The van der Waals surface area contributed by atoms with Gasteiger partial charge in [-0.2, -0.15) is 0 Å². The maximum absolute atomic E-state index is 6.06. The van der Waals surface area contributed by atoms with E-state index in [2.05, 4.69) is 20.8 Å². The standard InChI is InChI=1S/C10H21N/c1-8-4-6-9(7-5-8)10(2,3)11/h8-9H,4-7,11H2,1-3H3. The van der Waals surface area contributed by atoms with Gasteiger partial charge < -0.3 is 5.73 Å². The van der Waals surface area contributed by atoms with Crippen LogP contribution in [0.2, 0.25) is 0 Å². The molecule has 2 N–H and O–H groups in total. The summed E-state index contributed by atoms with van der Waals surface area (Å²) in [7, 11) is 0. The van der Waals surface area contributed by atoms with Crippen LogP contribution in [0, 0.1) is 11.8 Å². The minimum absolute atomic E-state index is 0.0557. The summed E-state index contributed by atoms with van der Waals surface area (Å²) in [4.78, 5) is 0. The van der Waals surface area contributed by atoms with Crippen LogP contribution in [0.25, 0.3) is 0 Å². The molecule has 0 aromatic carbocycles. The molecule has 1 aliphatic carbocycles. The van der Waals surface area contributed by atoms with Crippen molar-refractivity contribution in [3.05, 3.63) is 0 Å². The van der Waals surface area contributed by atoms with Crippen molar-refractivity contribution in [2.45, 2.75) is 52.0 Å². The third-order valence-corrected chi connectivity index (χ3v) is 3.07. The summed E-state index contributed by atoms with van der Waals surface area (Å²) in [6.45, 7) is 6.67. The molecule has 0 saturated heterocycles. The molecule has 1 heteroatoms. The highest BCUT2D eigenvalue weighted by molar-refractivity contribution is 4.85. The van der Waals surface area contributed by atoms with Gasteiger partial charge in [-0.3, -0.25) is 0 Å². The van der Waals surface area contributed by atoms with Crippen LogP contribution in [-0.4, -0.2) is 5.54 Å². The highest BCUT2D eigenvalue weighted by atomic mass is 14.7. The molecule has 0 aromatic rings. The second kappa shape index (κ2) is 3.14. The summed E-state index contributed by atoms with van der Waals surface area (Å²) < 4.78 is 0. The van der Waals surface area contributed by atoms with Gasteiger partial charge in [0.1, 0.15) is 0 Å². The molecular weight excluding hydrogens is 134 g/mol. The van der Waals surface area contributed by atoms with Gasteiger partial charge in [-0.25, -0.2) is 0 Å². The maximum Gasteiger partial charge on any atom is 0.0125 e. The van der Waals surface area contributed by atoms with Crippen molar-refractivity contribution in [1.82, 2.24) is 0 Å². The summed E-state index contributed by atoms with van der Waals surface area (Å²) in [6.07, 6.45) is 5.44. The summed E-state index contributed by atoms with van der Waals surface area (Å²) in [5.74, 6) is 1.70. The second-order valence-electron chi connectivity index (χ2n) is 4.78. The Morgan fingerprint density at radius 2 is 1.55 bits per heavy atom. The van der Waals surface area contributed by atoms with Crippen molar-refractivity contribution < 1.29 is 0 Å². The fraction of sp³-hybridized carbons (Fsp3) is 1.00. The highest BCUT2D eigenvalue weighted by Gasteiger charge is 2.28. The minimum atomic E-state index is 0.0557. The molecule has 66 valence electrons. The molecule has 0 spiro atoms. The predicted molar refractivity (Wildman–Crippen MR) is 49.4 cm³/mol.